The normalized spacial score (nSPS) is 17.2. The lowest BCUT2D eigenvalue weighted by Crippen LogP contribution is -2.45. The minimum Gasteiger partial charge on any atom is -0.497 e. The monoisotopic (exact) mass is 446 g/mol. The molecule has 0 aromatic heterocycles. The SMILES string of the molecule is COc1ccc(CN(C)C(=O)[C@H]2CCCN(S(=O)(=O)c3cc(C)ccc3OC)C2)cc1. The van der Waals surface area contributed by atoms with Gasteiger partial charge in [-0.25, -0.2) is 8.42 Å². The number of amides is 1. The molecule has 1 atom stereocenters. The summed E-state index contributed by atoms with van der Waals surface area (Å²) in [6, 6.07) is 12.7. The van der Waals surface area contributed by atoms with E-state index in [4.69, 9.17) is 9.47 Å². The number of aryl methyl sites for hydroxylation is 1. The van der Waals surface area contributed by atoms with Crippen LogP contribution in [0.2, 0.25) is 0 Å². The third-order valence-corrected chi connectivity index (χ3v) is 7.51. The summed E-state index contributed by atoms with van der Waals surface area (Å²) in [5.74, 6) is 0.655. The number of piperidine rings is 1. The summed E-state index contributed by atoms with van der Waals surface area (Å²) in [7, 11) is 1.06. The van der Waals surface area contributed by atoms with Crippen molar-refractivity contribution in [3.05, 3.63) is 53.6 Å². The van der Waals surface area contributed by atoms with Crippen LogP contribution in [0.15, 0.2) is 47.4 Å². The number of sulfonamides is 1. The van der Waals surface area contributed by atoms with E-state index >= 15 is 0 Å². The Morgan fingerprint density at radius 1 is 1.13 bits per heavy atom. The summed E-state index contributed by atoms with van der Waals surface area (Å²) in [6.45, 7) is 2.86. The predicted octanol–water partition coefficient (Wildman–Crippen LogP) is 3.07. The maximum absolute atomic E-state index is 13.3. The van der Waals surface area contributed by atoms with Gasteiger partial charge in [-0.05, 0) is 55.2 Å². The maximum Gasteiger partial charge on any atom is 0.246 e. The van der Waals surface area contributed by atoms with E-state index in [0.717, 1.165) is 16.9 Å². The van der Waals surface area contributed by atoms with Crippen molar-refractivity contribution < 1.29 is 22.7 Å². The summed E-state index contributed by atoms with van der Waals surface area (Å²) < 4.78 is 38.5. The summed E-state index contributed by atoms with van der Waals surface area (Å²) in [4.78, 5) is 14.9. The Morgan fingerprint density at radius 3 is 2.48 bits per heavy atom. The van der Waals surface area contributed by atoms with Crippen LogP contribution in [0.25, 0.3) is 0 Å². The molecule has 0 unspecified atom stereocenters. The predicted molar refractivity (Wildman–Crippen MR) is 119 cm³/mol. The number of carbonyl (C=O) groups excluding carboxylic acids is 1. The Bertz CT molecular complexity index is 1020. The van der Waals surface area contributed by atoms with E-state index in [1.54, 1.807) is 31.2 Å². The molecule has 1 heterocycles. The molecule has 0 aliphatic carbocycles. The van der Waals surface area contributed by atoms with Crippen LogP contribution in [-0.2, 0) is 21.4 Å². The van der Waals surface area contributed by atoms with Crippen LogP contribution in [0.4, 0.5) is 0 Å². The smallest absolute Gasteiger partial charge is 0.246 e. The van der Waals surface area contributed by atoms with Gasteiger partial charge in [-0.15, -0.1) is 0 Å². The average molecular weight is 447 g/mol. The molecule has 1 amide bonds. The van der Waals surface area contributed by atoms with Gasteiger partial charge in [0.2, 0.25) is 15.9 Å². The van der Waals surface area contributed by atoms with Gasteiger partial charge in [-0.3, -0.25) is 4.79 Å². The van der Waals surface area contributed by atoms with Crippen molar-refractivity contribution in [3.63, 3.8) is 0 Å². The van der Waals surface area contributed by atoms with Crippen molar-refractivity contribution in [2.45, 2.75) is 31.2 Å². The van der Waals surface area contributed by atoms with E-state index < -0.39 is 10.0 Å². The average Bonchev–Trinajstić information content (AvgIpc) is 2.79. The van der Waals surface area contributed by atoms with Gasteiger partial charge < -0.3 is 14.4 Å². The molecule has 0 saturated carbocycles. The van der Waals surface area contributed by atoms with Gasteiger partial charge in [0.15, 0.2) is 0 Å². The quantitative estimate of drug-likeness (QED) is 0.653. The topological polar surface area (TPSA) is 76.2 Å². The van der Waals surface area contributed by atoms with E-state index in [1.165, 1.54) is 11.4 Å². The Kier molecular flexibility index (Phi) is 7.23. The molecule has 0 spiro atoms. The minimum atomic E-state index is -3.76. The lowest BCUT2D eigenvalue weighted by Gasteiger charge is -2.33. The van der Waals surface area contributed by atoms with E-state index in [0.29, 0.717) is 31.7 Å². The van der Waals surface area contributed by atoms with Gasteiger partial charge in [-0.1, -0.05) is 18.2 Å². The lowest BCUT2D eigenvalue weighted by molar-refractivity contribution is -0.135. The van der Waals surface area contributed by atoms with Crippen LogP contribution < -0.4 is 9.47 Å². The molecule has 31 heavy (non-hydrogen) atoms. The van der Waals surface area contributed by atoms with Crippen LogP contribution in [0.5, 0.6) is 11.5 Å². The maximum atomic E-state index is 13.3. The summed E-state index contributed by atoms with van der Waals surface area (Å²) in [5, 5.41) is 0. The summed E-state index contributed by atoms with van der Waals surface area (Å²) in [5.41, 5.74) is 1.82. The van der Waals surface area contributed by atoms with Crippen LogP contribution in [0.1, 0.15) is 24.0 Å². The van der Waals surface area contributed by atoms with E-state index in [9.17, 15) is 13.2 Å². The number of rotatable bonds is 7. The number of nitrogens with zero attached hydrogens (tertiary/aromatic N) is 2. The Hall–Kier alpha value is -2.58. The van der Waals surface area contributed by atoms with Gasteiger partial charge in [0, 0.05) is 26.7 Å². The van der Waals surface area contributed by atoms with Crippen LogP contribution in [0, 0.1) is 12.8 Å². The number of benzene rings is 2. The van der Waals surface area contributed by atoms with Crippen molar-refractivity contribution in [2.24, 2.45) is 5.92 Å². The third kappa shape index (κ3) is 5.19. The van der Waals surface area contributed by atoms with E-state index in [2.05, 4.69) is 0 Å². The molecule has 3 rings (SSSR count). The first-order valence-electron chi connectivity index (χ1n) is 10.3. The highest BCUT2D eigenvalue weighted by atomic mass is 32.2. The Morgan fingerprint density at radius 2 is 1.84 bits per heavy atom. The molecule has 0 radical (unpaired) electrons. The van der Waals surface area contributed by atoms with Gasteiger partial charge in [0.1, 0.15) is 16.4 Å². The molecule has 8 heteroatoms. The van der Waals surface area contributed by atoms with Crippen molar-refractivity contribution in [3.8, 4) is 11.5 Å². The van der Waals surface area contributed by atoms with Crippen molar-refractivity contribution in [1.29, 1.82) is 0 Å². The van der Waals surface area contributed by atoms with E-state index in [-0.39, 0.29) is 23.3 Å². The van der Waals surface area contributed by atoms with Gasteiger partial charge in [-0.2, -0.15) is 4.31 Å². The molecule has 1 fully saturated rings. The van der Waals surface area contributed by atoms with E-state index in [1.807, 2.05) is 37.3 Å². The van der Waals surface area contributed by atoms with Gasteiger partial charge in [0.05, 0.1) is 20.1 Å². The standard InChI is InChI=1S/C23H30N2O5S/c1-17-7-12-21(30-4)22(14-17)31(27,28)25-13-5-6-19(16-25)23(26)24(2)15-18-8-10-20(29-3)11-9-18/h7-12,14,19H,5-6,13,15-16H2,1-4H3/t19-/m0/s1. The zero-order valence-corrected chi connectivity index (χ0v) is 19.3. The third-order valence-electron chi connectivity index (χ3n) is 5.63. The highest BCUT2D eigenvalue weighted by Crippen LogP contribution is 2.31. The molecule has 168 valence electrons. The number of methoxy groups -OCH3 is 2. The molecule has 7 nitrogen and oxygen atoms in total. The molecule has 2 aromatic rings. The molecular weight excluding hydrogens is 416 g/mol. The van der Waals surface area contributed by atoms with Crippen molar-refractivity contribution >= 4 is 15.9 Å². The molecule has 0 bridgehead atoms. The van der Waals surface area contributed by atoms with Gasteiger partial charge >= 0.3 is 0 Å². The highest BCUT2D eigenvalue weighted by Gasteiger charge is 2.35. The zero-order valence-electron chi connectivity index (χ0n) is 18.5. The fourth-order valence-corrected chi connectivity index (χ4v) is 5.65. The van der Waals surface area contributed by atoms with Crippen LogP contribution in [0.3, 0.4) is 0 Å². The summed E-state index contributed by atoms with van der Waals surface area (Å²) in [6.07, 6.45) is 1.31. The Balaban J connectivity index is 1.73. The molecule has 1 aliphatic rings. The number of hydrogen-bond acceptors (Lipinski definition) is 5. The van der Waals surface area contributed by atoms with Gasteiger partial charge in [0.25, 0.3) is 0 Å². The van der Waals surface area contributed by atoms with Crippen LogP contribution >= 0.6 is 0 Å². The number of ether oxygens (including phenoxy) is 2. The number of carbonyl (C=O) groups is 1. The zero-order chi connectivity index (χ0) is 22.6. The second-order valence-corrected chi connectivity index (χ2v) is 9.81. The fraction of sp³-hybridized carbons (Fsp3) is 0.435. The molecule has 2 aromatic carbocycles. The highest BCUT2D eigenvalue weighted by molar-refractivity contribution is 7.89. The molecular formula is C23H30N2O5S. The molecule has 1 saturated heterocycles. The lowest BCUT2D eigenvalue weighted by atomic mass is 9.98. The van der Waals surface area contributed by atoms with Crippen molar-refractivity contribution in [2.75, 3.05) is 34.4 Å². The first-order chi connectivity index (χ1) is 14.8. The minimum absolute atomic E-state index is 0.0491. The molecule has 1 aliphatic heterocycles. The molecule has 0 N–H and O–H groups in total. The van der Waals surface area contributed by atoms with Crippen LogP contribution in [-0.4, -0.2) is 57.9 Å². The Labute approximate surface area is 184 Å². The second kappa shape index (κ2) is 9.70. The first-order valence-corrected chi connectivity index (χ1v) is 11.7. The first kappa shape index (κ1) is 23.1. The van der Waals surface area contributed by atoms with Crippen molar-refractivity contribution in [1.82, 2.24) is 9.21 Å². The largest absolute Gasteiger partial charge is 0.497 e. The fourth-order valence-electron chi connectivity index (χ4n) is 3.88. The second-order valence-electron chi connectivity index (χ2n) is 7.90. The number of hydrogen-bond donors (Lipinski definition) is 0. The summed E-state index contributed by atoms with van der Waals surface area (Å²) >= 11 is 0.